The van der Waals surface area contributed by atoms with Crippen LogP contribution in [0.1, 0.15) is 5.56 Å². The Morgan fingerprint density at radius 3 is 2.79 bits per heavy atom. The van der Waals surface area contributed by atoms with Crippen LogP contribution < -0.4 is 0 Å². The van der Waals surface area contributed by atoms with Gasteiger partial charge in [0.05, 0.1) is 16.4 Å². The first-order valence-corrected chi connectivity index (χ1v) is 5.59. The van der Waals surface area contributed by atoms with Gasteiger partial charge in [0.25, 0.3) is 0 Å². The van der Waals surface area contributed by atoms with E-state index in [9.17, 15) is 0 Å². The average molecular weight is 317 g/mol. The Hall–Kier alpha value is -0.680. The minimum atomic E-state index is 0.781. The summed E-state index contributed by atoms with van der Waals surface area (Å²) in [7, 11) is 0. The largest absolute Gasteiger partial charge is 0.248 e. The molecule has 0 unspecified atom stereocenters. The van der Waals surface area contributed by atoms with Gasteiger partial charge in [-0.1, -0.05) is 0 Å². The lowest BCUT2D eigenvalue weighted by Crippen LogP contribution is -1.96. The molecule has 0 spiro atoms. The molecular weight excluding hydrogens is 310 g/mol. The maximum atomic E-state index is 4.23. The van der Waals surface area contributed by atoms with Crippen molar-refractivity contribution in [3.63, 3.8) is 0 Å². The van der Waals surface area contributed by atoms with E-state index >= 15 is 0 Å². The van der Waals surface area contributed by atoms with Gasteiger partial charge in [0.1, 0.15) is 4.60 Å². The molecule has 5 heteroatoms. The Bertz CT molecular complexity index is 465. The fourth-order valence-corrected chi connectivity index (χ4v) is 1.87. The SMILES string of the molecule is Cc1cnn(-c2ccnc(Br)c2Br)c1. The molecule has 0 aliphatic heterocycles. The summed E-state index contributed by atoms with van der Waals surface area (Å²) in [6.07, 6.45) is 5.52. The molecule has 2 heterocycles. The number of nitrogens with zero attached hydrogens (tertiary/aromatic N) is 3. The van der Waals surface area contributed by atoms with Crippen molar-refractivity contribution in [1.29, 1.82) is 0 Å². The van der Waals surface area contributed by atoms with E-state index in [1.807, 2.05) is 30.1 Å². The van der Waals surface area contributed by atoms with Gasteiger partial charge in [0.15, 0.2) is 0 Å². The van der Waals surface area contributed by atoms with Crippen LogP contribution in [0, 0.1) is 6.92 Å². The lowest BCUT2D eigenvalue weighted by atomic mass is 10.4. The van der Waals surface area contributed by atoms with Gasteiger partial charge < -0.3 is 0 Å². The standard InChI is InChI=1S/C9H7Br2N3/c1-6-4-13-14(5-6)7-2-3-12-9(11)8(7)10/h2-5H,1H3. The molecule has 2 aromatic heterocycles. The van der Waals surface area contributed by atoms with Crippen molar-refractivity contribution >= 4 is 31.9 Å². The van der Waals surface area contributed by atoms with Crippen molar-refractivity contribution in [3.8, 4) is 5.69 Å². The van der Waals surface area contributed by atoms with Gasteiger partial charge >= 0.3 is 0 Å². The van der Waals surface area contributed by atoms with E-state index in [4.69, 9.17) is 0 Å². The first-order valence-electron chi connectivity index (χ1n) is 4.00. The molecular formula is C9H7Br2N3. The summed E-state index contributed by atoms with van der Waals surface area (Å²) in [6, 6.07) is 1.90. The average Bonchev–Trinajstić information content (AvgIpc) is 2.57. The number of hydrogen-bond acceptors (Lipinski definition) is 2. The maximum absolute atomic E-state index is 4.23. The van der Waals surface area contributed by atoms with E-state index in [-0.39, 0.29) is 0 Å². The van der Waals surface area contributed by atoms with Gasteiger partial charge in [-0.25, -0.2) is 9.67 Å². The highest BCUT2D eigenvalue weighted by atomic mass is 79.9. The van der Waals surface area contributed by atoms with Crippen LogP contribution in [-0.2, 0) is 0 Å². The quantitative estimate of drug-likeness (QED) is 0.757. The smallest absolute Gasteiger partial charge is 0.122 e. The Kier molecular flexibility index (Phi) is 2.69. The topological polar surface area (TPSA) is 30.7 Å². The molecule has 0 aromatic carbocycles. The van der Waals surface area contributed by atoms with Gasteiger partial charge in [-0.05, 0) is 50.4 Å². The third kappa shape index (κ3) is 1.74. The van der Waals surface area contributed by atoms with Gasteiger partial charge in [-0.15, -0.1) is 0 Å². The fourth-order valence-electron chi connectivity index (χ4n) is 1.13. The highest BCUT2D eigenvalue weighted by molar-refractivity contribution is 9.13. The minimum Gasteiger partial charge on any atom is -0.248 e. The molecule has 0 aliphatic carbocycles. The molecule has 0 fully saturated rings. The van der Waals surface area contributed by atoms with Crippen molar-refractivity contribution in [1.82, 2.24) is 14.8 Å². The number of aryl methyl sites for hydroxylation is 1. The molecule has 0 saturated carbocycles. The van der Waals surface area contributed by atoms with Gasteiger partial charge in [0.2, 0.25) is 0 Å². The summed E-state index contributed by atoms with van der Waals surface area (Å²) in [5.41, 5.74) is 2.10. The van der Waals surface area contributed by atoms with Crippen molar-refractivity contribution < 1.29 is 0 Å². The number of halogens is 2. The van der Waals surface area contributed by atoms with Crippen molar-refractivity contribution in [2.45, 2.75) is 6.92 Å². The molecule has 2 rings (SSSR count). The monoisotopic (exact) mass is 315 g/mol. The zero-order chi connectivity index (χ0) is 10.1. The van der Waals surface area contributed by atoms with Crippen LogP contribution in [0.5, 0.6) is 0 Å². The number of pyridine rings is 1. The second kappa shape index (κ2) is 3.82. The molecule has 0 atom stereocenters. The molecule has 0 aliphatic rings. The zero-order valence-corrected chi connectivity index (χ0v) is 10.6. The van der Waals surface area contributed by atoms with Gasteiger partial charge in [0, 0.05) is 12.4 Å². The summed E-state index contributed by atoms with van der Waals surface area (Å²) < 4.78 is 3.50. The van der Waals surface area contributed by atoms with Gasteiger partial charge in [-0.3, -0.25) is 0 Å². The van der Waals surface area contributed by atoms with E-state index in [1.54, 1.807) is 6.20 Å². The van der Waals surface area contributed by atoms with E-state index in [0.717, 1.165) is 20.3 Å². The van der Waals surface area contributed by atoms with Gasteiger partial charge in [-0.2, -0.15) is 5.10 Å². The molecule has 0 saturated heterocycles. The molecule has 3 nitrogen and oxygen atoms in total. The normalized spacial score (nSPS) is 10.5. The van der Waals surface area contributed by atoms with Crippen LogP contribution in [0.2, 0.25) is 0 Å². The van der Waals surface area contributed by atoms with E-state index < -0.39 is 0 Å². The second-order valence-electron chi connectivity index (χ2n) is 2.90. The third-order valence-electron chi connectivity index (χ3n) is 1.78. The molecule has 0 amide bonds. The molecule has 2 aromatic rings. The Morgan fingerprint density at radius 1 is 1.36 bits per heavy atom. The third-order valence-corrected chi connectivity index (χ3v) is 3.70. The van der Waals surface area contributed by atoms with Crippen LogP contribution in [0.4, 0.5) is 0 Å². The lowest BCUT2D eigenvalue weighted by Gasteiger charge is -2.04. The summed E-state index contributed by atoms with van der Waals surface area (Å²) in [5.74, 6) is 0. The predicted octanol–water partition coefficient (Wildman–Crippen LogP) is 3.10. The lowest BCUT2D eigenvalue weighted by molar-refractivity contribution is 0.870. The summed E-state index contributed by atoms with van der Waals surface area (Å²) in [5, 5.41) is 4.23. The molecule has 72 valence electrons. The molecule has 0 radical (unpaired) electrons. The highest BCUT2D eigenvalue weighted by Crippen LogP contribution is 2.26. The number of hydrogen-bond donors (Lipinski definition) is 0. The van der Waals surface area contributed by atoms with Crippen LogP contribution in [0.25, 0.3) is 5.69 Å². The fraction of sp³-hybridized carbons (Fsp3) is 0.111. The van der Waals surface area contributed by atoms with Crippen LogP contribution in [-0.4, -0.2) is 14.8 Å². The van der Waals surface area contributed by atoms with Crippen LogP contribution >= 0.6 is 31.9 Å². The Labute approximate surface area is 98.4 Å². The van der Waals surface area contributed by atoms with Crippen LogP contribution in [0.15, 0.2) is 33.7 Å². The summed E-state index contributed by atoms with van der Waals surface area (Å²) in [4.78, 5) is 4.10. The number of rotatable bonds is 1. The Morgan fingerprint density at radius 2 is 2.14 bits per heavy atom. The number of aromatic nitrogens is 3. The van der Waals surface area contributed by atoms with Crippen molar-refractivity contribution in [2.75, 3.05) is 0 Å². The maximum Gasteiger partial charge on any atom is 0.122 e. The van der Waals surface area contributed by atoms with Crippen molar-refractivity contribution in [3.05, 3.63) is 39.3 Å². The van der Waals surface area contributed by atoms with Crippen LogP contribution in [0.3, 0.4) is 0 Å². The molecule has 14 heavy (non-hydrogen) atoms. The zero-order valence-electron chi connectivity index (χ0n) is 7.41. The van der Waals surface area contributed by atoms with E-state index in [2.05, 4.69) is 41.9 Å². The highest BCUT2D eigenvalue weighted by Gasteiger charge is 2.06. The summed E-state index contributed by atoms with van der Waals surface area (Å²) in [6.45, 7) is 2.01. The predicted molar refractivity (Wildman–Crippen MR) is 61.5 cm³/mol. The van der Waals surface area contributed by atoms with E-state index in [1.165, 1.54) is 0 Å². The second-order valence-corrected chi connectivity index (χ2v) is 4.44. The van der Waals surface area contributed by atoms with E-state index in [0.29, 0.717) is 0 Å². The minimum absolute atomic E-state index is 0.781. The first-order chi connectivity index (χ1) is 6.68. The summed E-state index contributed by atoms with van der Waals surface area (Å²) >= 11 is 6.81. The molecule has 0 N–H and O–H groups in total. The molecule has 0 bridgehead atoms. The van der Waals surface area contributed by atoms with Crippen molar-refractivity contribution in [2.24, 2.45) is 0 Å². The first kappa shape index (κ1) is 9.86. The Balaban J connectivity index is 2.57.